The first kappa shape index (κ1) is 13.3. The van der Waals surface area contributed by atoms with Crippen LogP contribution >= 0.6 is 0 Å². The van der Waals surface area contributed by atoms with Gasteiger partial charge in [0, 0.05) is 36.6 Å². The van der Waals surface area contributed by atoms with Crippen molar-refractivity contribution in [3.05, 3.63) is 66.4 Å². The highest BCUT2D eigenvalue weighted by atomic mass is 16.4. The number of hydrogen-bond donors (Lipinski definition) is 0. The molecule has 1 aromatic carbocycles. The van der Waals surface area contributed by atoms with Crippen molar-refractivity contribution >= 4 is 0 Å². The Kier molecular flexibility index (Phi) is 3.31. The van der Waals surface area contributed by atoms with Gasteiger partial charge < -0.3 is 8.98 Å². The summed E-state index contributed by atoms with van der Waals surface area (Å²) >= 11 is 0. The van der Waals surface area contributed by atoms with Gasteiger partial charge in [-0.25, -0.2) is 4.98 Å². The van der Waals surface area contributed by atoms with E-state index in [4.69, 9.17) is 4.42 Å². The Balaban J connectivity index is 1.52. The topological polar surface area (TPSA) is 34.2 Å². The summed E-state index contributed by atoms with van der Waals surface area (Å²) in [5.41, 5.74) is 2.43. The van der Waals surface area contributed by atoms with Gasteiger partial charge in [-0.15, -0.1) is 0 Å². The van der Waals surface area contributed by atoms with Gasteiger partial charge in [0.1, 0.15) is 0 Å². The van der Waals surface area contributed by atoms with E-state index >= 15 is 0 Å². The number of fused-ring (bicyclic) bond motifs is 1. The van der Waals surface area contributed by atoms with Gasteiger partial charge in [-0.3, -0.25) is 4.90 Å². The van der Waals surface area contributed by atoms with E-state index in [1.54, 1.807) is 0 Å². The van der Waals surface area contributed by atoms with Gasteiger partial charge in [-0.05, 0) is 19.1 Å². The Bertz CT molecular complexity index is 760. The zero-order chi connectivity index (χ0) is 14.9. The van der Waals surface area contributed by atoms with Gasteiger partial charge in [-0.2, -0.15) is 0 Å². The van der Waals surface area contributed by atoms with Crippen molar-refractivity contribution < 1.29 is 4.42 Å². The van der Waals surface area contributed by atoms with Crippen molar-refractivity contribution in [3.8, 4) is 11.3 Å². The highest BCUT2D eigenvalue weighted by molar-refractivity contribution is 5.55. The summed E-state index contributed by atoms with van der Waals surface area (Å²) in [6, 6.07) is 14.8. The molecule has 1 aliphatic rings. The highest BCUT2D eigenvalue weighted by Gasteiger charge is 2.24. The Hall–Kier alpha value is -2.33. The van der Waals surface area contributed by atoms with Crippen LogP contribution in [0.3, 0.4) is 0 Å². The number of rotatable bonds is 3. The predicted octanol–water partition coefficient (Wildman–Crippen LogP) is 3.72. The number of nitrogens with zero attached hydrogens (tertiary/aromatic N) is 3. The lowest BCUT2D eigenvalue weighted by Gasteiger charge is -2.33. The summed E-state index contributed by atoms with van der Waals surface area (Å²) in [5.74, 6) is 1.62. The summed E-state index contributed by atoms with van der Waals surface area (Å²) in [5, 5.41) is 0. The molecule has 0 spiro atoms. The lowest BCUT2D eigenvalue weighted by molar-refractivity contribution is 0.147. The first-order valence-corrected chi connectivity index (χ1v) is 7.70. The third-order valence-corrected chi connectivity index (χ3v) is 4.42. The normalized spacial score (nSPS) is 18.3. The molecule has 0 fully saturated rings. The molecule has 0 bridgehead atoms. The van der Waals surface area contributed by atoms with Crippen molar-refractivity contribution in [1.29, 1.82) is 0 Å². The molecule has 2 aromatic heterocycles. The molecule has 4 nitrogen and oxygen atoms in total. The lowest BCUT2D eigenvalue weighted by Crippen LogP contribution is -2.35. The van der Waals surface area contributed by atoms with Crippen LogP contribution < -0.4 is 0 Å². The second kappa shape index (κ2) is 5.46. The molecule has 112 valence electrons. The molecule has 0 aliphatic carbocycles. The van der Waals surface area contributed by atoms with Crippen LogP contribution in [-0.4, -0.2) is 21.0 Å². The fourth-order valence-corrected chi connectivity index (χ4v) is 3.14. The van der Waals surface area contributed by atoms with Gasteiger partial charge in [0.25, 0.3) is 0 Å². The molecule has 3 heterocycles. The molecular formula is C18H19N3O. The maximum absolute atomic E-state index is 5.93. The van der Waals surface area contributed by atoms with Crippen LogP contribution in [0.25, 0.3) is 11.3 Å². The molecule has 0 N–H and O–H groups in total. The lowest BCUT2D eigenvalue weighted by atomic mass is 10.1. The minimum absolute atomic E-state index is 0.385. The quantitative estimate of drug-likeness (QED) is 0.738. The first-order valence-electron chi connectivity index (χ1n) is 7.70. The second-order valence-electron chi connectivity index (χ2n) is 5.76. The van der Waals surface area contributed by atoms with E-state index in [2.05, 4.69) is 39.7 Å². The van der Waals surface area contributed by atoms with E-state index in [1.165, 1.54) is 5.69 Å². The average Bonchev–Trinajstić information content (AvgIpc) is 3.20. The van der Waals surface area contributed by atoms with Gasteiger partial charge in [0.05, 0.1) is 12.7 Å². The second-order valence-corrected chi connectivity index (χ2v) is 5.76. The molecule has 0 amide bonds. The minimum atomic E-state index is 0.385. The summed E-state index contributed by atoms with van der Waals surface area (Å²) in [7, 11) is 0. The third-order valence-electron chi connectivity index (χ3n) is 4.42. The molecule has 22 heavy (non-hydrogen) atoms. The molecule has 4 heteroatoms. The number of benzene rings is 1. The molecule has 1 aliphatic heterocycles. The zero-order valence-electron chi connectivity index (χ0n) is 12.6. The monoisotopic (exact) mass is 293 g/mol. The molecule has 0 radical (unpaired) electrons. The number of oxazole rings is 1. The highest BCUT2D eigenvalue weighted by Crippen LogP contribution is 2.27. The Morgan fingerprint density at radius 3 is 2.86 bits per heavy atom. The van der Waals surface area contributed by atoms with Gasteiger partial charge in [0.15, 0.2) is 5.76 Å². The van der Waals surface area contributed by atoms with Crippen molar-refractivity contribution in [2.45, 2.75) is 26.1 Å². The summed E-state index contributed by atoms with van der Waals surface area (Å²) < 4.78 is 8.26. The number of aromatic nitrogens is 2. The Morgan fingerprint density at radius 1 is 1.14 bits per heavy atom. The van der Waals surface area contributed by atoms with Crippen molar-refractivity contribution in [2.24, 2.45) is 0 Å². The molecule has 1 atom stereocenters. The average molecular weight is 293 g/mol. The molecule has 0 saturated carbocycles. The van der Waals surface area contributed by atoms with Crippen LogP contribution in [0.1, 0.15) is 24.6 Å². The van der Waals surface area contributed by atoms with E-state index in [9.17, 15) is 0 Å². The van der Waals surface area contributed by atoms with Gasteiger partial charge in [0.2, 0.25) is 5.89 Å². The van der Waals surface area contributed by atoms with Crippen LogP contribution in [0.15, 0.2) is 59.3 Å². The molecular weight excluding hydrogens is 274 g/mol. The SMILES string of the molecule is C[C@@H]1c2cccn2CCN1Cc1ncc(-c2ccccc2)o1. The van der Waals surface area contributed by atoms with E-state index in [1.807, 2.05) is 36.5 Å². The van der Waals surface area contributed by atoms with Crippen LogP contribution in [0.2, 0.25) is 0 Å². The minimum Gasteiger partial charge on any atom is -0.439 e. The molecule has 4 rings (SSSR count). The largest absolute Gasteiger partial charge is 0.439 e. The maximum Gasteiger partial charge on any atom is 0.209 e. The predicted molar refractivity (Wildman–Crippen MR) is 85.2 cm³/mol. The van der Waals surface area contributed by atoms with E-state index in [-0.39, 0.29) is 0 Å². The van der Waals surface area contributed by atoms with Crippen LogP contribution in [0, 0.1) is 0 Å². The summed E-state index contributed by atoms with van der Waals surface area (Å²) in [6.45, 7) is 5.04. The standard InChI is InChI=1S/C18H19N3O/c1-14-16-8-5-9-20(16)10-11-21(14)13-18-19-12-17(22-18)15-6-3-2-4-7-15/h2-9,12,14H,10-11,13H2,1H3/t14-/m1/s1. The van der Waals surface area contributed by atoms with E-state index in [0.29, 0.717) is 6.04 Å². The maximum atomic E-state index is 5.93. The van der Waals surface area contributed by atoms with E-state index < -0.39 is 0 Å². The Labute approximate surface area is 130 Å². The Morgan fingerprint density at radius 2 is 2.00 bits per heavy atom. The van der Waals surface area contributed by atoms with Crippen LogP contribution in [0.5, 0.6) is 0 Å². The first-order chi connectivity index (χ1) is 10.8. The molecule has 3 aromatic rings. The van der Waals surface area contributed by atoms with Gasteiger partial charge in [-0.1, -0.05) is 30.3 Å². The summed E-state index contributed by atoms with van der Waals surface area (Å²) in [6.07, 6.45) is 3.98. The van der Waals surface area contributed by atoms with Crippen LogP contribution in [-0.2, 0) is 13.1 Å². The fraction of sp³-hybridized carbons (Fsp3) is 0.278. The number of hydrogen-bond acceptors (Lipinski definition) is 3. The molecule has 0 saturated heterocycles. The summed E-state index contributed by atoms with van der Waals surface area (Å²) in [4.78, 5) is 6.86. The van der Waals surface area contributed by atoms with Crippen molar-refractivity contribution in [1.82, 2.24) is 14.5 Å². The smallest absolute Gasteiger partial charge is 0.209 e. The fourth-order valence-electron chi connectivity index (χ4n) is 3.14. The van der Waals surface area contributed by atoms with Gasteiger partial charge >= 0.3 is 0 Å². The van der Waals surface area contributed by atoms with Crippen LogP contribution in [0.4, 0.5) is 0 Å². The van der Waals surface area contributed by atoms with E-state index in [0.717, 1.165) is 36.8 Å². The third kappa shape index (κ3) is 2.35. The zero-order valence-corrected chi connectivity index (χ0v) is 12.6. The van der Waals surface area contributed by atoms with Crippen molar-refractivity contribution in [3.63, 3.8) is 0 Å². The van der Waals surface area contributed by atoms with Crippen molar-refractivity contribution in [2.75, 3.05) is 6.54 Å². The molecule has 0 unspecified atom stereocenters.